The van der Waals surface area contributed by atoms with Gasteiger partial charge < -0.3 is 20.3 Å². The van der Waals surface area contributed by atoms with Gasteiger partial charge in [0.05, 0.1) is 7.11 Å². The second-order valence-corrected chi connectivity index (χ2v) is 7.64. The van der Waals surface area contributed by atoms with Crippen LogP contribution < -0.4 is 15.4 Å². The van der Waals surface area contributed by atoms with Crippen LogP contribution in [0.3, 0.4) is 0 Å². The van der Waals surface area contributed by atoms with Gasteiger partial charge >= 0.3 is 0 Å². The monoisotopic (exact) mass is 424 g/mol. The molecule has 168 valence electrons. The third kappa shape index (κ3) is 8.70. The summed E-state index contributed by atoms with van der Waals surface area (Å²) in [5.41, 5.74) is 3.18. The molecule has 0 saturated carbocycles. The Morgan fingerprint density at radius 3 is 2.45 bits per heavy atom. The van der Waals surface area contributed by atoms with E-state index in [0.29, 0.717) is 0 Å². The lowest BCUT2D eigenvalue weighted by Crippen LogP contribution is -2.38. The minimum atomic E-state index is 0.0272. The van der Waals surface area contributed by atoms with Crippen molar-refractivity contribution in [1.29, 1.82) is 0 Å². The first-order valence-corrected chi connectivity index (χ1v) is 11.0. The van der Waals surface area contributed by atoms with Gasteiger partial charge in [-0.2, -0.15) is 0 Å². The summed E-state index contributed by atoms with van der Waals surface area (Å²) in [6.07, 6.45) is 4.02. The fourth-order valence-corrected chi connectivity index (χ4v) is 3.21. The van der Waals surface area contributed by atoms with Crippen LogP contribution in [-0.2, 0) is 12.8 Å². The van der Waals surface area contributed by atoms with E-state index in [1.165, 1.54) is 5.56 Å². The highest BCUT2D eigenvalue weighted by molar-refractivity contribution is 5.94. The maximum atomic E-state index is 12.1. The second kappa shape index (κ2) is 13.3. The third-order valence-corrected chi connectivity index (χ3v) is 4.93. The molecule has 0 fully saturated rings. The first-order valence-electron chi connectivity index (χ1n) is 11.0. The Kier molecular flexibility index (Phi) is 10.4. The number of carbonyl (C=O) groups is 1. The first kappa shape index (κ1) is 24.3. The van der Waals surface area contributed by atoms with Gasteiger partial charge in [0.1, 0.15) is 5.75 Å². The van der Waals surface area contributed by atoms with Crippen LogP contribution in [0.1, 0.15) is 41.3 Å². The number of unbranched alkanes of at least 4 members (excludes halogenated alkanes) is 1. The minimum absolute atomic E-state index is 0.0272. The zero-order valence-corrected chi connectivity index (χ0v) is 19.3. The number of ether oxygens (including phenoxy) is 1. The zero-order chi connectivity index (χ0) is 22.5. The van der Waals surface area contributed by atoms with Crippen LogP contribution in [0.15, 0.2) is 53.5 Å². The molecule has 6 nitrogen and oxygen atoms in total. The fourth-order valence-electron chi connectivity index (χ4n) is 3.21. The van der Waals surface area contributed by atoms with Crippen LogP contribution in [0.2, 0.25) is 0 Å². The van der Waals surface area contributed by atoms with Gasteiger partial charge in [0.2, 0.25) is 0 Å². The maximum Gasteiger partial charge on any atom is 0.253 e. The molecule has 0 aliphatic carbocycles. The average molecular weight is 425 g/mol. The predicted octanol–water partition coefficient (Wildman–Crippen LogP) is 3.52. The Morgan fingerprint density at radius 2 is 1.77 bits per heavy atom. The molecule has 0 aliphatic heterocycles. The number of amides is 1. The van der Waals surface area contributed by atoms with Gasteiger partial charge in [-0.05, 0) is 68.0 Å². The van der Waals surface area contributed by atoms with Gasteiger partial charge in [-0.3, -0.25) is 9.79 Å². The van der Waals surface area contributed by atoms with Crippen molar-refractivity contribution in [2.75, 3.05) is 40.8 Å². The Bertz CT molecular complexity index is 832. The van der Waals surface area contributed by atoms with Crippen molar-refractivity contribution in [3.63, 3.8) is 0 Å². The lowest BCUT2D eigenvalue weighted by atomic mass is 10.1. The summed E-state index contributed by atoms with van der Waals surface area (Å²) in [4.78, 5) is 18.4. The molecule has 0 atom stereocenters. The quantitative estimate of drug-likeness (QED) is 0.329. The number of aliphatic imine (C=N–C) groups is 1. The van der Waals surface area contributed by atoms with E-state index < -0.39 is 0 Å². The molecule has 6 heteroatoms. The summed E-state index contributed by atoms with van der Waals surface area (Å²) < 4.78 is 5.20. The summed E-state index contributed by atoms with van der Waals surface area (Å²) in [6, 6.07) is 16.1. The molecule has 2 N–H and O–H groups in total. The van der Waals surface area contributed by atoms with Crippen molar-refractivity contribution in [3.05, 3.63) is 65.2 Å². The maximum absolute atomic E-state index is 12.1. The van der Waals surface area contributed by atoms with E-state index in [4.69, 9.17) is 4.74 Å². The standard InChI is InChI=1S/C25H36N4O2/c1-5-26-25(27-17-7-6-9-20-12-14-23(31-4)15-13-20)28-18-16-21-10-8-11-22(19-21)24(30)29(2)3/h8,10-15,19H,5-7,9,16-18H2,1-4H3,(H2,26,27,28). The van der Waals surface area contributed by atoms with E-state index in [0.717, 1.165) is 68.2 Å². The molecule has 0 heterocycles. The van der Waals surface area contributed by atoms with Crippen LogP contribution >= 0.6 is 0 Å². The van der Waals surface area contributed by atoms with Crippen LogP contribution in [0.25, 0.3) is 0 Å². The molecule has 31 heavy (non-hydrogen) atoms. The molecule has 2 aromatic rings. The van der Waals surface area contributed by atoms with Crippen molar-refractivity contribution in [2.45, 2.75) is 32.6 Å². The summed E-state index contributed by atoms with van der Waals surface area (Å²) in [5, 5.41) is 6.69. The molecule has 0 aromatic heterocycles. The second-order valence-electron chi connectivity index (χ2n) is 7.64. The van der Waals surface area contributed by atoms with E-state index in [1.54, 1.807) is 26.1 Å². The molecule has 0 radical (unpaired) electrons. The van der Waals surface area contributed by atoms with Crippen molar-refractivity contribution in [3.8, 4) is 5.75 Å². The number of nitrogens with zero attached hydrogens (tertiary/aromatic N) is 2. The molecule has 0 aliphatic rings. The van der Waals surface area contributed by atoms with Crippen LogP contribution in [0.5, 0.6) is 5.75 Å². The van der Waals surface area contributed by atoms with E-state index in [-0.39, 0.29) is 5.91 Å². The number of nitrogens with one attached hydrogen (secondary N) is 2. The van der Waals surface area contributed by atoms with Gasteiger partial charge in [0.25, 0.3) is 5.91 Å². The lowest BCUT2D eigenvalue weighted by molar-refractivity contribution is 0.0827. The van der Waals surface area contributed by atoms with Crippen molar-refractivity contribution >= 4 is 11.9 Å². The van der Waals surface area contributed by atoms with E-state index in [9.17, 15) is 4.79 Å². The summed E-state index contributed by atoms with van der Waals surface area (Å²) in [5.74, 6) is 1.76. The number of hydrogen-bond donors (Lipinski definition) is 2. The van der Waals surface area contributed by atoms with E-state index >= 15 is 0 Å². The van der Waals surface area contributed by atoms with Gasteiger partial charge in [-0.1, -0.05) is 24.3 Å². The highest BCUT2D eigenvalue weighted by Gasteiger charge is 2.08. The lowest BCUT2D eigenvalue weighted by Gasteiger charge is -2.13. The summed E-state index contributed by atoms with van der Waals surface area (Å²) in [6.45, 7) is 4.44. The van der Waals surface area contributed by atoms with Crippen molar-refractivity contribution in [2.24, 2.45) is 4.99 Å². The molecule has 2 rings (SSSR count). The van der Waals surface area contributed by atoms with Crippen molar-refractivity contribution < 1.29 is 9.53 Å². The molecule has 0 spiro atoms. The molecule has 0 bridgehead atoms. The van der Waals surface area contributed by atoms with E-state index in [1.807, 2.05) is 30.3 Å². The molecule has 2 aromatic carbocycles. The van der Waals surface area contributed by atoms with Gasteiger partial charge in [0, 0.05) is 39.3 Å². The molecular weight excluding hydrogens is 388 g/mol. The predicted molar refractivity (Wildman–Crippen MR) is 128 cm³/mol. The van der Waals surface area contributed by atoms with Crippen LogP contribution in [0.4, 0.5) is 0 Å². The SMILES string of the molecule is CCNC(=NCCCCc1ccc(OC)cc1)NCCc1cccc(C(=O)N(C)C)c1. The average Bonchev–Trinajstić information content (AvgIpc) is 2.78. The fraction of sp³-hybridized carbons (Fsp3) is 0.440. The largest absolute Gasteiger partial charge is 0.497 e. The molecule has 1 amide bonds. The molecule has 0 saturated heterocycles. The normalized spacial score (nSPS) is 11.2. The zero-order valence-electron chi connectivity index (χ0n) is 19.3. The Hall–Kier alpha value is -3.02. The number of guanidine groups is 1. The summed E-state index contributed by atoms with van der Waals surface area (Å²) in [7, 11) is 5.23. The number of methoxy groups -OCH3 is 1. The first-order chi connectivity index (χ1) is 15.0. The number of rotatable bonds is 11. The van der Waals surface area contributed by atoms with Crippen LogP contribution in [-0.4, -0.2) is 57.6 Å². The van der Waals surface area contributed by atoms with Crippen molar-refractivity contribution in [1.82, 2.24) is 15.5 Å². The topological polar surface area (TPSA) is 66.0 Å². The number of hydrogen-bond acceptors (Lipinski definition) is 3. The smallest absolute Gasteiger partial charge is 0.253 e. The Morgan fingerprint density at radius 1 is 1.00 bits per heavy atom. The van der Waals surface area contributed by atoms with Gasteiger partial charge in [0.15, 0.2) is 5.96 Å². The Labute approximate surface area is 186 Å². The highest BCUT2D eigenvalue weighted by atomic mass is 16.5. The van der Waals surface area contributed by atoms with Gasteiger partial charge in [-0.15, -0.1) is 0 Å². The third-order valence-electron chi connectivity index (χ3n) is 4.93. The Balaban J connectivity index is 1.75. The molecule has 0 unspecified atom stereocenters. The number of benzene rings is 2. The van der Waals surface area contributed by atoms with Crippen LogP contribution in [0, 0.1) is 0 Å². The molecular formula is C25H36N4O2. The van der Waals surface area contributed by atoms with Gasteiger partial charge in [-0.25, -0.2) is 0 Å². The van der Waals surface area contributed by atoms with E-state index in [2.05, 4.69) is 40.7 Å². The minimum Gasteiger partial charge on any atom is -0.497 e. The number of carbonyl (C=O) groups excluding carboxylic acids is 1. The highest BCUT2D eigenvalue weighted by Crippen LogP contribution is 2.13. The number of aryl methyl sites for hydroxylation is 1. The summed E-state index contributed by atoms with van der Waals surface area (Å²) >= 11 is 0.